The van der Waals surface area contributed by atoms with Gasteiger partial charge in [-0.1, -0.05) is 13.8 Å². The number of likely N-dealkylation sites (N-methyl/N-ethyl adjacent to an activating group) is 1. The molecule has 0 saturated carbocycles. The highest BCUT2D eigenvalue weighted by Crippen LogP contribution is 2.07. The smallest absolute Gasteiger partial charge is 0.0829 e. The lowest BCUT2D eigenvalue weighted by Crippen LogP contribution is -2.47. The van der Waals surface area contributed by atoms with Gasteiger partial charge in [-0.05, 0) is 33.0 Å². The first-order valence-electron chi connectivity index (χ1n) is 6.28. The van der Waals surface area contributed by atoms with Crippen LogP contribution in [-0.4, -0.2) is 62.3 Å². The Bertz CT molecular complexity index is 160. The SMILES string of the molecule is CCCN(C)C[C@H]1CN(CCC)CCO1. The lowest BCUT2D eigenvalue weighted by molar-refractivity contribution is -0.0402. The summed E-state index contributed by atoms with van der Waals surface area (Å²) in [6.45, 7) is 11.1. The molecule has 1 aliphatic heterocycles. The number of ether oxygens (including phenoxy) is 1. The highest BCUT2D eigenvalue weighted by Gasteiger charge is 2.20. The highest BCUT2D eigenvalue weighted by atomic mass is 16.5. The molecule has 3 nitrogen and oxygen atoms in total. The second kappa shape index (κ2) is 7.20. The van der Waals surface area contributed by atoms with Crippen LogP contribution in [-0.2, 0) is 4.74 Å². The van der Waals surface area contributed by atoms with Gasteiger partial charge in [0.05, 0.1) is 12.7 Å². The fourth-order valence-corrected chi connectivity index (χ4v) is 2.23. The van der Waals surface area contributed by atoms with Gasteiger partial charge < -0.3 is 9.64 Å². The molecule has 0 aromatic heterocycles. The first-order valence-corrected chi connectivity index (χ1v) is 6.28. The van der Waals surface area contributed by atoms with Crippen LogP contribution in [0.25, 0.3) is 0 Å². The zero-order valence-corrected chi connectivity index (χ0v) is 10.5. The Morgan fingerprint density at radius 2 is 2.13 bits per heavy atom. The van der Waals surface area contributed by atoms with Crippen molar-refractivity contribution in [2.45, 2.75) is 32.8 Å². The fourth-order valence-electron chi connectivity index (χ4n) is 2.23. The molecule has 1 rings (SSSR count). The van der Waals surface area contributed by atoms with Crippen LogP contribution in [0, 0.1) is 0 Å². The molecule has 0 amide bonds. The van der Waals surface area contributed by atoms with Crippen LogP contribution in [0.1, 0.15) is 26.7 Å². The van der Waals surface area contributed by atoms with Crippen molar-refractivity contribution in [3.8, 4) is 0 Å². The molecule has 0 unspecified atom stereocenters. The van der Waals surface area contributed by atoms with E-state index in [1.165, 1.54) is 25.9 Å². The third kappa shape index (κ3) is 4.96. The minimum Gasteiger partial charge on any atom is -0.374 e. The average molecular weight is 214 g/mol. The molecule has 0 radical (unpaired) electrons. The van der Waals surface area contributed by atoms with Gasteiger partial charge in [-0.2, -0.15) is 0 Å². The van der Waals surface area contributed by atoms with Crippen molar-refractivity contribution in [3.05, 3.63) is 0 Å². The summed E-state index contributed by atoms with van der Waals surface area (Å²) >= 11 is 0. The molecule has 1 heterocycles. The van der Waals surface area contributed by atoms with E-state index in [2.05, 4.69) is 30.7 Å². The van der Waals surface area contributed by atoms with Gasteiger partial charge in [-0.15, -0.1) is 0 Å². The van der Waals surface area contributed by atoms with E-state index in [0.717, 1.165) is 26.2 Å². The molecular weight excluding hydrogens is 188 g/mol. The van der Waals surface area contributed by atoms with Gasteiger partial charge in [0.25, 0.3) is 0 Å². The molecule has 0 aliphatic carbocycles. The first kappa shape index (κ1) is 12.9. The maximum absolute atomic E-state index is 5.79. The Hall–Kier alpha value is -0.120. The topological polar surface area (TPSA) is 15.7 Å². The molecule has 1 fully saturated rings. The Labute approximate surface area is 94.4 Å². The summed E-state index contributed by atoms with van der Waals surface area (Å²) in [4.78, 5) is 4.90. The van der Waals surface area contributed by atoms with Crippen molar-refractivity contribution in [3.63, 3.8) is 0 Å². The number of morpholine rings is 1. The van der Waals surface area contributed by atoms with E-state index >= 15 is 0 Å². The van der Waals surface area contributed by atoms with E-state index in [-0.39, 0.29) is 0 Å². The lowest BCUT2D eigenvalue weighted by Gasteiger charge is -2.34. The van der Waals surface area contributed by atoms with Crippen LogP contribution in [0.2, 0.25) is 0 Å². The Morgan fingerprint density at radius 3 is 2.80 bits per heavy atom. The third-order valence-electron chi connectivity index (χ3n) is 2.88. The quantitative estimate of drug-likeness (QED) is 0.665. The van der Waals surface area contributed by atoms with Crippen LogP contribution in [0.3, 0.4) is 0 Å². The molecule has 3 heteroatoms. The largest absolute Gasteiger partial charge is 0.374 e. The first-order chi connectivity index (χ1) is 7.26. The Kier molecular flexibility index (Phi) is 6.22. The summed E-state index contributed by atoms with van der Waals surface area (Å²) in [7, 11) is 2.19. The maximum Gasteiger partial charge on any atom is 0.0829 e. The summed E-state index contributed by atoms with van der Waals surface area (Å²) in [5.41, 5.74) is 0. The van der Waals surface area contributed by atoms with Crippen molar-refractivity contribution < 1.29 is 4.74 Å². The Morgan fingerprint density at radius 1 is 1.33 bits per heavy atom. The van der Waals surface area contributed by atoms with Crippen LogP contribution in [0.15, 0.2) is 0 Å². The summed E-state index contributed by atoms with van der Waals surface area (Å²) < 4.78 is 5.79. The predicted molar refractivity (Wildman–Crippen MR) is 64.3 cm³/mol. The third-order valence-corrected chi connectivity index (χ3v) is 2.88. The molecule has 0 aromatic rings. The zero-order valence-electron chi connectivity index (χ0n) is 10.5. The van der Waals surface area contributed by atoms with Gasteiger partial charge in [0.15, 0.2) is 0 Å². The van der Waals surface area contributed by atoms with Crippen LogP contribution < -0.4 is 0 Å². The molecule has 0 spiro atoms. The second-order valence-corrected chi connectivity index (χ2v) is 4.56. The molecule has 0 bridgehead atoms. The molecule has 1 atom stereocenters. The van der Waals surface area contributed by atoms with Crippen molar-refractivity contribution in [1.29, 1.82) is 0 Å². The maximum atomic E-state index is 5.79. The molecular formula is C12H26N2O. The van der Waals surface area contributed by atoms with Crippen molar-refractivity contribution in [2.24, 2.45) is 0 Å². The van der Waals surface area contributed by atoms with Gasteiger partial charge in [0.1, 0.15) is 0 Å². The summed E-state index contributed by atoms with van der Waals surface area (Å²) in [5, 5.41) is 0. The van der Waals surface area contributed by atoms with Crippen LogP contribution in [0.5, 0.6) is 0 Å². The van der Waals surface area contributed by atoms with Gasteiger partial charge in [-0.3, -0.25) is 4.90 Å². The number of hydrogen-bond donors (Lipinski definition) is 0. The molecule has 15 heavy (non-hydrogen) atoms. The van der Waals surface area contributed by atoms with Gasteiger partial charge in [-0.25, -0.2) is 0 Å². The van der Waals surface area contributed by atoms with Crippen LogP contribution >= 0.6 is 0 Å². The average Bonchev–Trinajstić information content (AvgIpc) is 2.19. The van der Waals surface area contributed by atoms with Crippen molar-refractivity contribution in [1.82, 2.24) is 9.80 Å². The van der Waals surface area contributed by atoms with Crippen LogP contribution in [0.4, 0.5) is 0 Å². The summed E-state index contributed by atoms with van der Waals surface area (Å²) in [6.07, 6.45) is 2.89. The van der Waals surface area contributed by atoms with E-state index in [1.54, 1.807) is 0 Å². The minimum absolute atomic E-state index is 0.418. The molecule has 1 aliphatic rings. The minimum atomic E-state index is 0.418. The van der Waals surface area contributed by atoms with Crippen molar-refractivity contribution >= 4 is 0 Å². The molecule has 0 aromatic carbocycles. The number of nitrogens with zero attached hydrogens (tertiary/aromatic N) is 2. The van der Waals surface area contributed by atoms with E-state index in [1.807, 2.05) is 0 Å². The van der Waals surface area contributed by atoms with E-state index in [4.69, 9.17) is 4.74 Å². The zero-order chi connectivity index (χ0) is 11.1. The predicted octanol–water partition coefficient (Wildman–Crippen LogP) is 1.44. The second-order valence-electron chi connectivity index (χ2n) is 4.56. The summed E-state index contributed by atoms with van der Waals surface area (Å²) in [5.74, 6) is 0. The number of hydrogen-bond acceptors (Lipinski definition) is 3. The lowest BCUT2D eigenvalue weighted by atomic mass is 10.2. The van der Waals surface area contributed by atoms with Gasteiger partial charge >= 0.3 is 0 Å². The normalized spacial score (nSPS) is 23.6. The van der Waals surface area contributed by atoms with E-state index < -0.39 is 0 Å². The number of rotatable bonds is 6. The monoisotopic (exact) mass is 214 g/mol. The molecule has 0 N–H and O–H groups in total. The van der Waals surface area contributed by atoms with Gasteiger partial charge in [0.2, 0.25) is 0 Å². The van der Waals surface area contributed by atoms with E-state index in [9.17, 15) is 0 Å². The van der Waals surface area contributed by atoms with Gasteiger partial charge in [0, 0.05) is 19.6 Å². The molecule has 90 valence electrons. The van der Waals surface area contributed by atoms with E-state index in [0.29, 0.717) is 6.10 Å². The standard InChI is InChI=1S/C12H26N2O/c1-4-6-13(3)10-12-11-14(7-5-2)8-9-15-12/h12H,4-11H2,1-3H3/t12-/m0/s1. The highest BCUT2D eigenvalue weighted by molar-refractivity contribution is 4.73. The fraction of sp³-hybridized carbons (Fsp3) is 1.00. The molecule has 1 saturated heterocycles. The summed E-state index contributed by atoms with van der Waals surface area (Å²) in [6, 6.07) is 0. The van der Waals surface area contributed by atoms with Crippen molar-refractivity contribution in [2.75, 3.05) is 46.4 Å². The Balaban J connectivity index is 2.23.